The Balaban J connectivity index is 1.91. The van der Waals surface area contributed by atoms with E-state index >= 15 is 0 Å². The first-order valence-electron chi connectivity index (χ1n) is 9.97. The predicted octanol–water partition coefficient (Wildman–Crippen LogP) is 3.28. The summed E-state index contributed by atoms with van der Waals surface area (Å²) >= 11 is 5.98. The van der Waals surface area contributed by atoms with E-state index in [1.54, 1.807) is 31.2 Å². The first-order valence-corrected chi connectivity index (χ1v) is 10.4. The number of halogens is 1. The maximum absolute atomic E-state index is 12.8. The largest absolute Gasteiger partial charge is 0.497 e. The van der Waals surface area contributed by atoms with Crippen LogP contribution in [0.1, 0.15) is 28.9 Å². The second-order valence-electron chi connectivity index (χ2n) is 6.91. The molecule has 0 radical (unpaired) electrons. The van der Waals surface area contributed by atoms with Crippen molar-refractivity contribution in [3.05, 3.63) is 80.0 Å². The highest BCUT2D eigenvalue weighted by Gasteiger charge is 2.34. The van der Waals surface area contributed by atoms with Gasteiger partial charge >= 0.3 is 18.0 Å². The number of methoxy groups -OCH3 is 1. The van der Waals surface area contributed by atoms with Crippen LogP contribution < -0.4 is 15.4 Å². The highest BCUT2D eigenvalue weighted by molar-refractivity contribution is 6.33. The average Bonchev–Trinajstić information content (AvgIpc) is 2.82. The number of nitrogens with zero attached hydrogens (tertiary/aromatic N) is 1. The zero-order valence-electron chi connectivity index (χ0n) is 18.1. The topological polar surface area (TPSA) is 146 Å². The molecule has 0 fully saturated rings. The van der Waals surface area contributed by atoms with E-state index in [0.717, 1.165) is 18.2 Å². The van der Waals surface area contributed by atoms with Crippen molar-refractivity contribution in [1.29, 1.82) is 0 Å². The number of hydrogen-bond acceptors (Lipinski definition) is 8. The third-order valence-electron chi connectivity index (χ3n) is 4.83. The summed E-state index contributed by atoms with van der Waals surface area (Å²) in [7, 11) is 1.51. The summed E-state index contributed by atoms with van der Waals surface area (Å²) in [5.74, 6) is -1.03. The molecule has 0 aliphatic carbocycles. The third kappa shape index (κ3) is 5.44. The number of hydrogen-bond donors (Lipinski definition) is 2. The molecule has 0 bridgehead atoms. The van der Waals surface area contributed by atoms with Gasteiger partial charge in [0.2, 0.25) is 0 Å². The number of carbonyl (C=O) groups excluding carboxylic acids is 3. The van der Waals surface area contributed by atoms with Crippen molar-refractivity contribution in [3.8, 4) is 5.75 Å². The molecule has 1 atom stereocenters. The Morgan fingerprint density at radius 1 is 1.12 bits per heavy atom. The second-order valence-corrected chi connectivity index (χ2v) is 7.32. The molecule has 34 heavy (non-hydrogen) atoms. The van der Waals surface area contributed by atoms with E-state index in [1.165, 1.54) is 7.11 Å². The molecular formula is C22H20ClN3O8. The van der Waals surface area contributed by atoms with Crippen molar-refractivity contribution in [2.24, 2.45) is 0 Å². The highest BCUT2D eigenvalue weighted by Crippen LogP contribution is 2.30. The number of nitro benzene ring substituents is 1. The Hall–Kier alpha value is -4.12. The summed E-state index contributed by atoms with van der Waals surface area (Å²) in [6, 6.07) is 8.48. The van der Waals surface area contributed by atoms with Gasteiger partial charge in [0.25, 0.3) is 5.69 Å². The van der Waals surface area contributed by atoms with Crippen molar-refractivity contribution < 1.29 is 33.5 Å². The van der Waals surface area contributed by atoms with Crippen LogP contribution in [0.25, 0.3) is 0 Å². The van der Waals surface area contributed by atoms with Crippen molar-refractivity contribution in [2.45, 2.75) is 13.0 Å². The second kappa shape index (κ2) is 10.7. The van der Waals surface area contributed by atoms with Crippen LogP contribution in [0.2, 0.25) is 5.02 Å². The summed E-state index contributed by atoms with van der Waals surface area (Å²) in [6.45, 7) is 1.23. The van der Waals surface area contributed by atoms with Gasteiger partial charge in [0, 0.05) is 12.1 Å². The maximum atomic E-state index is 12.8. The zero-order valence-corrected chi connectivity index (χ0v) is 18.9. The van der Waals surface area contributed by atoms with Crippen LogP contribution in [0.5, 0.6) is 5.75 Å². The van der Waals surface area contributed by atoms with Gasteiger partial charge in [0.1, 0.15) is 12.4 Å². The van der Waals surface area contributed by atoms with Crippen LogP contribution in [0.3, 0.4) is 0 Å². The first kappa shape index (κ1) is 24.5. The highest BCUT2D eigenvalue weighted by atomic mass is 35.5. The van der Waals surface area contributed by atoms with E-state index in [1.807, 2.05) is 0 Å². The number of non-ortho nitro benzene ring substituents is 1. The Morgan fingerprint density at radius 2 is 1.82 bits per heavy atom. The van der Waals surface area contributed by atoms with E-state index in [2.05, 4.69) is 10.6 Å². The summed E-state index contributed by atoms with van der Waals surface area (Å²) < 4.78 is 15.5. The van der Waals surface area contributed by atoms with Gasteiger partial charge in [-0.3, -0.25) is 10.1 Å². The minimum absolute atomic E-state index is 0.0226. The molecule has 0 spiro atoms. The fraction of sp³-hybridized carbons (Fsp3) is 0.227. The number of rotatable bonds is 8. The van der Waals surface area contributed by atoms with Crippen LogP contribution in [-0.4, -0.2) is 43.2 Å². The third-order valence-corrected chi connectivity index (χ3v) is 5.14. The lowest BCUT2D eigenvalue weighted by Crippen LogP contribution is -2.47. The fourth-order valence-corrected chi connectivity index (χ4v) is 3.48. The van der Waals surface area contributed by atoms with E-state index < -0.39 is 35.5 Å². The number of esters is 2. The molecule has 1 aliphatic heterocycles. The Morgan fingerprint density at radius 3 is 2.41 bits per heavy atom. The number of carbonyl (C=O) groups is 3. The van der Waals surface area contributed by atoms with E-state index in [4.69, 9.17) is 25.8 Å². The molecule has 2 aromatic carbocycles. The van der Waals surface area contributed by atoms with E-state index in [-0.39, 0.29) is 34.2 Å². The molecule has 1 heterocycles. The zero-order chi connectivity index (χ0) is 24.8. The molecule has 0 saturated carbocycles. The molecule has 2 amide bonds. The molecule has 12 heteroatoms. The molecule has 1 unspecified atom stereocenters. The number of ether oxygens (including phenoxy) is 3. The lowest BCUT2D eigenvalue weighted by molar-refractivity contribution is -0.384. The lowest BCUT2D eigenvalue weighted by Gasteiger charge is -2.29. The molecule has 2 N–H and O–H groups in total. The summed E-state index contributed by atoms with van der Waals surface area (Å²) in [5, 5.41) is 15.8. The normalized spacial score (nSPS) is 15.1. The van der Waals surface area contributed by atoms with Gasteiger partial charge in [-0.1, -0.05) is 23.7 Å². The number of amides is 2. The summed E-state index contributed by atoms with van der Waals surface area (Å²) in [4.78, 5) is 47.8. The van der Waals surface area contributed by atoms with Crippen LogP contribution in [0.15, 0.2) is 53.7 Å². The number of urea groups is 1. The van der Waals surface area contributed by atoms with Gasteiger partial charge < -0.3 is 24.8 Å². The SMILES string of the molecule is CCOC(=O)C1=C(COC(=O)c2ccc([N+](=O)[O-])cc2Cl)NC(=O)NC1c1ccc(OC)cc1. The minimum atomic E-state index is -0.899. The van der Waals surface area contributed by atoms with Crippen molar-refractivity contribution >= 4 is 35.3 Å². The Labute approximate surface area is 198 Å². The summed E-state index contributed by atoms with van der Waals surface area (Å²) in [5.41, 5.74) is 0.240. The van der Waals surface area contributed by atoms with Gasteiger partial charge in [0.05, 0.1) is 46.5 Å². The van der Waals surface area contributed by atoms with Gasteiger partial charge in [-0.2, -0.15) is 0 Å². The van der Waals surface area contributed by atoms with E-state index in [0.29, 0.717) is 11.3 Å². The van der Waals surface area contributed by atoms with Crippen LogP contribution in [0, 0.1) is 10.1 Å². The summed E-state index contributed by atoms with van der Waals surface area (Å²) in [6.07, 6.45) is 0. The number of benzene rings is 2. The molecular weight excluding hydrogens is 470 g/mol. The molecule has 0 saturated heterocycles. The number of nitrogens with one attached hydrogen (secondary N) is 2. The van der Waals surface area contributed by atoms with Crippen LogP contribution in [-0.2, 0) is 14.3 Å². The maximum Gasteiger partial charge on any atom is 0.340 e. The fourth-order valence-electron chi connectivity index (χ4n) is 3.23. The quantitative estimate of drug-likeness (QED) is 0.326. The molecule has 11 nitrogen and oxygen atoms in total. The van der Waals surface area contributed by atoms with Gasteiger partial charge in [-0.05, 0) is 30.7 Å². The van der Waals surface area contributed by atoms with Crippen molar-refractivity contribution in [3.63, 3.8) is 0 Å². The van der Waals surface area contributed by atoms with Gasteiger partial charge in [0.15, 0.2) is 0 Å². The monoisotopic (exact) mass is 489 g/mol. The van der Waals surface area contributed by atoms with Gasteiger partial charge in [-0.25, -0.2) is 14.4 Å². The molecule has 1 aliphatic rings. The smallest absolute Gasteiger partial charge is 0.340 e. The molecule has 3 rings (SSSR count). The standard InChI is InChI=1S/C22H20ClN3O8/c1-3-33-21(28)18-17(11-34-20(27)15-9-6-13(26(30)31)10-16(15)23)24-22(29)25-19(18)12-4-7-14(32-2)8-5-12/h4-10,19H,3,11H2,1-2H3,(H2,24,25,29). The molecule has 0 aromatic heterocycles. The Bertz CT molecular complexity index is 1160. The first-order chi connectivity index (χ1) is 16.2. The predicted molar refractivity (Wildman–Crippen MR) is 119 cm³/mol. The number of nitro groups is 1. The minimum Gasteiger partial charge on any atom is -0.497 e. The lowest BCUT2D eigenvalue weighted by atomic mass is 9.95. The molecule has 178 valence electrons. The van der Waals surface area contributed by atoms with Gasteiger partial charge in [-0.15, -0.1) is 0 Å². The van der Waals surface area contributed by atoms with E-state index in [9.17, 15) is 24.5 Å². The van der Waals surface area contributed by atoms with Crippen molar-refractivity contribution in [1.82, 2.24) is 10.6 Å². The van der Waals surface area contributed by atoms with Crippen molar-refractivity contribution in [2.75, 3.05) is 20.3 Å². The van der Waals surface area contributed by atoms with Crippen LogP contribution >= 0.6 is 11.6 Å². The van der Waals surface area contributed by atoms with Crippen LogP contribution in [0.4, 0.5) is 10.5 Å². The average molecular weight is 490 g/mol. The molecule has 2 aromatic rings. The Kier molecular flexibility index (Phi) is 7.69.